The first-order valence-corrected chi connectivity index (χ1v) is 4.28. The summed E-state index contributed by atoms with van der Waals surface area (Å²) in [4.78, 5) is 10.6. The number of amides is 1. The van der Waals surface area contributed by atoms with E-state index in [1.807, 2.05) is 0 Å². The normalized spacial score (nSPS) is 12.7. The van der Waals surface area contributed by atoms with Gasteiger partial charge in [-0.2, -0.15) is 0 Å². The molecule has 4 heteroatoms. The summed E-state index contributed by atoms with van der Waals surface area (Å²) in [6.07, 6.45) is -0.324. The minimum absolute atomic E-state index is 0.00523. The summed E-state index contributed by atoms with van der Waals surface area (Å²) < 4.78 is 0. The van der Waals surface area contributed by atoms with Crippen LogP contribution in [0, 0.1) is 0 Å². The number of thioether (sulfide) groups is 1. The Morgan fingerprint density at radius 2 is 2.40 bits per heavy atom. The topological polar surface area (TPSA) is 49.3 Å². The lowest BCUT2D eigenvalue weighted by Crippen LogP contribution is -2.20. The van der Waals surface area contributed by atoms with Gasteiger partial charge < -0.3 is 10.4 Å². The van der Waals surface area contributed by atoms with E-state index < -0.39 is 0 Å². The summed E-state index contributed by atoms with van der Waals surface area (Å²) in [5.41, 5.74) is 0. The Hall–Kier alpha value is -0.220. The average molecular weight is 163 g/mol. The number of aliphatic hydroxyl groups excluding tert-OH is 1. The molecule has 0 saturated heterocycles. The standard InChI is InChI=1S/C6H13NO2S/c1-5(8)3-10-4-6(9)7-2/h5,8H,3-4H2,1-2H3,(H,7,9). The molecule has 1 atom stereocenters. The van der Waals surface area contributed by atoms with Crippen molar-refractivity contribution in [2.75, 3.05) is 18.6 Å². The van der Waals surface area contributed by atoms with E-state index in [1.54, 1.807) is 14.0 Å². The maximum atomic E-state index is 10.6. The van der Waals surface area contributed by atoms with Crippen molar-refractivity contribution in [1.29, 1.82) is 0 Å². The van der Waals surface area contributed by atoms with E-state index >= 15 is 0 Å². The molecule has 1 amide bonds. The van der Waals surface area contributed by atoms with Crippen molar-refractivity contribution in [3.05, 3.63) is 0 Å². The van der Waals surface area contributed by atoms with Gasteiger partial charge in [-0.05, 0) is 6.92 Å². The van der Waals surface area contributed by atoms with Crippen LogP contribution in [0.1, 0.15) is 6.92 Å². The van der Waals surface area contributed by atoms with E-state index in [2.05, 4.69) is 5.32 Å². The lowest BCUT2D eigenvalue weighted by molar-refractivity contribution is -0.118. The van der Waals surface area contributed by atoms with Crippen molar-refractivity contribution in [1.82, 2.24) is 5.32 Å². The Morgan fingerprint density at radius 1 is 1.80 bits per heavy atom. The first kappa shape index (κ1) is 9.78. The van der Waals surface area contributed by atoms with E-state index in [0.29, 0.717) is 11.5 Å². The third-order valence-corrected chi connectivity index (χ3v) is 2.06. The Morgan fingerprint density at radius 3 is 2.80 bits per heavy atom. The van der Waals surface area contributed by atoms with Crippen LogP contribution in [-0.2, 0) is 4.79 Å². The number of carbonyl (C=O) groups is 1. The van der Waals surface area contributed by atoms with Crippen molar-refractivity contribution in [3.8, 4) is 0 Å². The molecule has 0 aliphatic heterocycles. The van der Waals surface area contributed by atoms with Gasteiger partial charge in [0.25, 0.3) is 0 Å². The van der Waals surface area contributed by atoms with Gasteiger partial charge in [-0.3, -0.25) is 4.79 Å². The summed E-state index contributed by atoms with van der Waals surface area (Å²) in [5, 5.41) is 11.3. The molecule has 2 N–H and O–H groups in total. The Labute approximate surface area is 65.2 Å². The second-order valence-corrected chi connectivity index (χ2v) is 3.07. The smallest absolute Gasteiger partial charge is 0.229 e. The van der Waals surface area contributed by atoms with Crippen LogP contribution in [0.2, 0.25) is 0 Å². The SMILES string of the molecule is CNC(=O)CSCC(C)O. The minimum Gasteiger partial charge on any atom is -0.393 e. The predicted molar refractivity (Wildman–Crippen MR) is 43.1 cm³/mol. The fourth-order valence-corrected chi connectivity index (χ4v) is 1.18. The summed E-state index contributed by atoms with van der Waals surface area (Å²) in [6, 6.07) is 0. The molecule has 1 unspecified atom stereocenters. The summed E-state index contributed by atoms with van der Waals surface area (Å²) >= 11 is 1.43. The van der Waals surface area contributed by atoms with Gasteiger partial charge in [0.05, 0.1) is 11.9 Å². The molecule has 0 aromatic carbocycles. The van der Waals surface area contributed by atoms with E-state index in [4.69, 9.17) is 5.11 Å². The maximum absolute atomic E-state index is 10.6. The molecular formula is C6H13NO2S. The molecule has 0 aromatic rings. The van der Waals surface area contributed by atoms with Crippen LogP contribution in [0.3, 0.4) is 0 Å². The van der Waals surface area contributed by atoms with E-state index in [0.717, 1.165) is 0 Å². The highest BCUT2D eigenvalue weighted by molar-refractivity contribution is 7.99. The molecule has 0 spiro atoms. The second kappa shape index (κ2) is 5.56. The number of nitrogens with one attached hydrogen (secondary N) is 1. The van der Waals surface area contributed by atoms with Crippen LogP contribution < -0.4 is 5.32 Å². The third kappa shape index (κ3) is 5.91. The van der Waals surface area contributed by atoms with E-state index in [1.165, 1.54) is 11.8 Å². The van der Waals surface area contributed by atoms with Gasteiger partial charge in [-0.15, -0.1) is 11.8 Å². The number of hydrogen-bond donors (Lipinski definition) is 2. The molecule has 0 aliphatic rings. The molecule has 0 aliphatic carbocycles. The monoisotopic (exact) mass is 163 g/mol. The Balaban J connectivity index is 3.12. The van der Waals surface area contributed by atoms with Gasteiger partial charge in [0, 0.05) is 12.8 Å². The van der Waals surface area contributed by atoms with Crippen LogP contribution in [-0.4, -0.2) is 35.7 Å². The highest BCUT2D eigenvalue weighted by Crippen LogP contribution is 2.00. The van der Waals surface area contributed by atoms with Gasteiger partial charge in [0.2, 0.25) is 5.91 Å². The zero-order chi connectivity index (χ0) is 7.98. The van der Waals surface area contributed by atoms with Crippen molar-refractivity contribution >= 4 is 17.7 Å². The molecule has 0 radical (unpaired) electrons. The molecule has 0 rings (SSSR count). The molecule has 60 valence electrons. The van der Waals surface area contributed by atoms with E-state index in [9.17, 15) is 4.79 Å². The lowest BCUT2D eigenvalue weighted by atomic mass is 10.5. The van der Waals surface area contributed by atoms with Crippen molar-refractivity contribution in [3.63, 3.8) is 0 Å². The van der Waals surface area contributed by atoms with Crippen molar-refractivity contribution < 1.29 is 9.90 Å². The molecule has 0 fully saturated rings. The van der Waals surface area contributed by atoms with Gasteiger partial charge in [0.1, 0.15) is 0 Å². The first-order chi connectivity index (χ1) is 4.66. The fraction of sp³-hybridized carbons (Fsp3) is 0.833. The Kier molecular flexibility index (Phi) is 5.43. The van der Waals surface area contributed by atoms with Gasteiger partial charge in [-0.1, -0.05) is 0 Å². The molecular weight excluding hydrogens is 150 g/mol. The van der Waals surface area contributed by atoms with Crippen LogP contribution in [0.4, 0.5) is 0 Å². The maximum Gasteiger partial charge on any atom is 0.229 e. The predicted octanol–water partition coefficient (Wildman–Crippen LogP) is -0.154. The molecule has 0 bridgehead atoms. The number of carbonyl (C=O) groups excluding carboxylic acids is 1. The molecule has 0 aromatic heterocycles. The number of hydrogen-bond acceptors (Lipinski definition) is 3. The highest BCUT2D eigenvalue weighted by Gasteiger charge is 1.99. The second-order valence-electron chi connectivity index (χ2n) is 2.04. The van der Waals surface area contributed by atoms with Crippen molar-refractivity contribution in [2.24, 2.45) is 0 Å². The van der Waals surface area contributed by atoms with Gasteiger partial charge >= 0.3 is 0 Å². The minimum atomic E-state index is -0.324. The van der Waals surface area contributed by atoms with Crippen LogP contribution in [0.5, 0.6) is 0 Å². The largest absolute Gasteiger partial charge is 0.393 e. The van der Waals surface area contributed by atoms with E-state index in [-0.39, 0.29) is 12.0 Å². The fourth-order valence-electron chi connectivity index (χ4n) is 0.394. The molecule has 0 heterocycles. The highest BCUT2D eigenvalue weighted by atomic mass is 32.2. The molecule has 10 heavy (non-hydrogen) atoms. The number of aliphatic hydroxyl groups is 1. The van der Waals surface area contributed by atoms with Gasteiger partial charge in [-0.25, -0.2) is 0 Å². The molecule has 3 nitrogen and oxygen atoms in total. The molecule has 0 saturated carbocycles. The number of rotatable bonds is 4. The Bertz CT molecular complexity index is 106. The lowest BCUT2D eigenvalue weighted by Gasteiger charge is -2.01. The van der Waals surface area contributed by atoms with Crippen LogP contribution >= 0.6 is 11.8 Å². The third-order valence-electron chi connectivity index (χ3n) is 0.871. The summed E-state index contributed by atoms with van der Waals surface area (Å²) in [7, 11) is 1.60. The first-order valence-electron chi connectivity index (χ1n) is 3.13. The summed E-state index contributed by atoms with van der Waals surface area (Å²) in [6.45, 7) is 1.71. The van der Waals surface area contributed by atoms with Crippen LogP contribution in [0.25, 0.3) is 0 Å². The van der Waals surface area contributed by atoms with Crippen molar-refractivity contribution in [2.45, 2.75) is 13.0 Å². The zero-order valence-corrected chi connectivity index (χ0v) is 7.07. The average Bonchev–Trinajstić information content (AvgIpc) is 1.87. The van der Waals surface area contributed by atoms with Gasteiger partial charge in [0.15, 0.2) is 0 Å². The van der Waals surface area contributed by atoms with Crippen LogP contribution in [0.15, 0.2) is 0 Å². The zero-order valence-electron chi connectivity index (χ0n) is 6.26. The quantitative estimate of drug-likeness (QED) is 0.606. The summed E-state index contributed by atoms with van der Waals surface area (Å²) in [5.74, 6) is 1.06.